The number of oxazole rings is 1. The zero-order valence-electron chi connectivity index (χ0n) is 11.0. The van der Waals surface area contributed by atoms with E-state index in [0.29, 0.717) is 12.0 Å². The molecule has 0 saturated heterocycles. The van der Waals surface area contributed by atoms with E-state index in [2.05, 4.69) is 17.2 Å². The minimum Gasteiger partial charge on any atom is -0.448 e. The molecular formula is C14H22N2O2. The molecule has 2 fully saturated rings. The Kier molecular flexibility index (Phi) is 3.66. The molecule has 0 amide bonds. The third kappa shape index (κ3) is 2.93. The Morgan fingerprint density at radius 3 is 3.00 bits per heavy atom. The van der Waals surface area contributed by atoms with E-state index in [9.17, 15) is 0 Å². The standard InChI is InChI=1S/C14H22N2O2/c1-2-17-12-5-10(6-12)7-14-13(16-9-18-14)8-15-11-3-4-11/h9-12,15H,2-8H2,1H3. The fraction of sp³-hybridized carbons (Fsp3) is 0.786. The highest BCUT2D eigenvalue weighted by Crippen LogP contribution is 2.33. The first kappa shape index (κ1) is 12.2. The van der Waals surface area contributed by atoms with Gasteiger partial charge in [0.15, 0.2) is 6.39 Å². The lowest BCUT2D eigenvalue weighted by atomic mass is 9.79. The lowest BCUT2D eigenvalue weighted by Gasteiger charge is -2.34. The van der Waals surface area contributed by atoms with Gasteiger partial charge in [0.1, 0.15) is 5.76 Å². The van der Waals surface area contributed by atoms with Crippen LogP contribution in [0.3, 0.4) is 0 Å². The van der Waals surface area contributed by atoms with E-state index in [1.165, 1.54) is 25.7 Å². The van der Waals surface area contributed by atoms with Crippen LogP contribution >= 0.6 is 0 Å². The number of nitrogens with one attached hydrogen (secondary N) is 1. The van der Waals surface area contributed by atoms with Crippen LogP contribution in [-0.2, 0) is 17.7 Å². The number of hydrogen-bond donors (Lipinski definition) is 1. The van der Waals surface area contributed by atoms with E-state index < -0.39 is 0 Å². The van der Waals surface area contributed by atoms with E-state index in [1.807, 2.05) is 0 Å². The molecule has 1 N–H and O–H groups in total. The molecule has 2 aliphatic carbocycles. The van der Waals surface area contributed by atoms with Crippen molar-refractivity contribution in [2.24, 2.45) is 5.92 Å². The third-order valence-corrected chi connectivity index (χ3v) is 3.93. The number of nitrogens with zero attached hydrogens (tertiary/aromatic N) is 1. The zero-order valence-corrected chi connectivity index (χ0v) is 11.0. The molecule has 0 unspecified atom stereocenters. The Labute approximate surface area is 108 Å². The van der Waals surface area contributed by atoms with Gasteiger partial charge in [0.25, 0.3) is 0 Å². The molecule has 1 aromatic heterocycles. The molecule has 2 aliphatic rings. The van der Waals surface area contributed by atoms with Crippen molar-refractivity contribution in [3.8, 4) is 0 Å². The molecule has 100 valence electrons. The molecule has 0 aromatic carbocycles. The first-order valence-electron chi connectivity index (χ1n) is 7.11. The number of aromatic nitrogens is 1. The summed E-state index contributed by atoms with van der Waals surface area (Å²) >= 11 is 0. The van der Waals surface area contributed by atoms with Crippen molar-refractivity contribution in [3.05, 3.63) is 17.8 Å². The SMILES string of the molecule is CCOC1CC(Cc2ocnc2CNC2CC2)C1. The monoisotopic (exact) mass is 250 g/mol. The summed E-state index contributed by atoms with van der Waals surface area (Å²) < 4.78 is 11.1. The van der Waals surface area contributed by atoms with E-state index in [-0.39, 0.29) is 0 Å². The molecule has 4 nitrogen and oxygen atoms in total. The van der Waals surface area contributed by atoms with Crippen LogP contribution in [0.4, 0.5) is 0 Å². The number of hydrogen-bond acceptors (Lipinski definition) is 4. The maximum absolute atomic E-state index is 5.59. The van der Waals surface area contributed by atoms with Gasteiger partial charge in [-0.15, -0.1) is 0 Å². The third-order valence-electron chi connectivity index (χ3n) is 3.93. The van der Waals surface area contributed by atoms with Crippen molar-refractivity contribution < 1.29 is 9.15 Å². The summed E-state index contributed by atoms with van der Waals surface area (Å²) in [7, 11) is 0. The first-order chi connectivity index (χ1) is 8.85. The maximum atomic E-state index is 5.59. The van der Waals surface area contributed by atoms with Crippen molar-refractivity contribution >= 4 is 0 Å². The van der Waals surface area contributed by atoms with E-state index in [4.69, 9.17) is 9.15 Å². The van der Waals surface area contributed by atoms with E-state index in [1.54, 1.807) is 6.39 Å². The Bertz CT molecular complexity index is 381. The van der Waals surface area contributed by atoms with Gasteiger partial charge in [-0.3, -0.25) is 0 Å². The molecule has 0 aliphatic heterocycles. The van der Waals surface area contributed by atoms with Crippen LogP contribution in [0.5, 0.6) is 0 Å². The fourth-order valence-corrected chi connectivity index (χ4v) is 2.61. The van der Waals surface area contributed by atoms with E-state index in [0.717, 1.165) is 37.1 Å². The van der Waals surface area contributed by atoms with Crippen LogP contribution in [0.1, 0.15) is 44.1 Å². The first-order valence-corrected chi connectivity index (χ1v) is 7.11. The van der Waals surface area contributed by atoms with Gasteiger partial charge in [-0.25, -0.2) is 4.98 Å². The smallest absolute Gasteiger partial charge is 0.181 e. The predicted octanol–water partition coefficient (Wildman–Crippen LogP) is 2.28. The Morgan fingerprint density at radius 1 is 1.44 bits per heavy atom. The average Bonchev–Trinajstić information content (AvgIpc) is 3.04. The molecule has 0 spiro atoms. The lowest BCUT2D eigenvalue weighted by Crippen LogP contribution is -2.32. The largest absolute Gasteiger partial charge is 0.448 e. The van der Waals surface area contributed by atoms with Gasteiger partial charge < -0.3 is 14.5 Å². The topological polar surface area (TPSA) is 47.3 Å². The summed E-state index contributed by atoms with van der Waals surface area (Å²) in [5.41, 5.74) is 1.10. The molecule has 2 saturated carbocycles. The Balaban J connectivity index is 1.46. The summed E-state index contributed by atoms with van der Waals surface area (Å²) in [5.74, 6) is 1.79. The average molecular weight is 250 g/mol. The fourth-order valence-electron chi connectivity index (χ4n) is 2.61. The molecule has 1 aromatic rings. The zero-order chi connectivity index (χ0) is 12.4. The molecule has 0 bridgehead atoms. The summed E-state index contributed by atoms with van der Waals surface area (Å²) in [6.45, 7) is 3.75. The summed E-state index contributed by atoms with van der Waals surface area (Å²) in [4.78, 5) is 4.32. The summed E-state index contributed by atoms with van der Waals surface area (Å²) in [6.07, 6.45) is 8.05. The molecular weight excluding hydrogens is 228 g/mol. The Morgan fingerprint density at radius 2 is 2.28 bits per heavy atom. The van der Waals surface area contributed by atoms with Crippen molar-refractivity contribution in [1.29, 1.82) is 0 Å². The van der Waals surface area contributed by atoms with Gasteiger partial charge in [0.2, 0.25) is 0 Å². The minimum absolute atomic E-state index is 0.482. The van der Waals surface area contributed by atoms with E-state index >= 15 is 0 Å². The number of ether oxygens (including phenoxy) is 1. The van der Waals surface area contributed by atoms with Gasteiger partial charge >= 0.3 is 0 Å². The Hall–Kier alpha value is -0.870. The van der Waals surface area contributed by atoms with Crippen LogP contribution in [-0.4, -0.2) is 23.7 Å². The molecule has 1 heterocycles. The highest BCUT2D eigenvalue weighted by Gasteiger charge is 2.31. The van der Waals surface area contributed by atoms with Crippen molar-refractivity contribution in [2.75, 3.05) is 6.61 Å². The molecule has 3 rings (SSSR count). The van der Waals surface area contributed by atoms with Crippen molar-refractivity contribution in [2.45, 2.75) is 57.7 Å². The van der Waals surface area contributed by atoms with Gasteiger partial charge in [-0.05, 0) is 38.5 Å². The lowest BCUT2D eigenvalue weighted by molar-refractivity contribution is -0.0252. The molecule has 0 atom stereocenters. The van der Waals surface area contributed by atoms with Gasteiger partial charge in [-0.2, -0.15) is 0 Å². The second kappa shape index (κ2) is 5.41. The van der Waals surface area contributed by atoms with Crippen LogP contribution < -0.4 is 5.32 Å². The van der Waals surface area contributed by atoms with Gasteiger partial charge in [0, 0.05) is 25.6 Å². The van der Waals surface area contributed by atoms with Crippen LogP contribution in [0.15, 0.2) is 10.8 Å². The highest BCUT2D eigenvalue weighted by molar-refractivity contribution is 5.09. The normalized spacial score (nSPS) is 27.2. The predicted molar refractivity (Wildman–Crippen MR) is 68.2 cm³/mol. The maximum Gasteiger partial charge on any atom is 0.181 e. The molecule has 4 heteroatoms. The molecule has 0 radical (unpaired) electrons. The quantitative estimate of drug-likeness (QED) is 0.806. The second-order valence-corrected chi connectivity index (χ2v) is 5.50. The van der Waals surface area contributed by atoms with Crippen LogP contribution in [0, 0.1) is 5.92 Å². The second-order valence-electron chi connectivity index (χ2n) is 5.50. The van der Waals surface area contributed by atoms with Crippen molar-refractivity contribution in [1.82, 2.24) is 10.3 Å². The highest BCUT2D eigenvalue weighted by atomic mass is 16.5. The summed E-state index contributed by atoms with van der Waals surface area (Å²) in [6, 6.07) is 0.723. The number of rotatable bonds is 7. The van der Waals surface area contributed by atoms with Crippen molar-refractivity contribution in [3.63, 3.8) is 0 Å². The van der Waals surface area contributed by atoms with Crippen LogP contribution in [0.25, 0.3) is 0 Å². The minimum atomic E-state index is 0.482. The van der Waals surface area contributed by atoms with Gasteiger partial charge in [0.05, 0.1) is 11.8 Å². The summed E-state index contributed by atoms with van der Waals surface area (Å²) in [5, 5.41) is 3.49. The van der Waals surface area contributed by atoms with Gasteiger partial charge in [-0.1, -0.05) is 0 Å². The molecule has 18 heavy (non-hydrogen) atoms. The van der Waals surface area contributed by atoms with Crippen LogP contribution in [0.2, 0.25) is 0 Å².